The molecule has 1 heterocycles. The minimum atomic E-state index is -0.0783. The number of hydrogen-bond donors (Lipinski definition) is 1. The Hall–Kier alpha value is -1.13. The first-order valence-electron chi connectivity index (χ1n) is 5.29. The highest BCUT2D eigenvalue weighted by Crippen LogP contribution is 2.18. The summed E-state index contributed by atoms with van der Waals surface area (Å²) in [4.78, 5) is 8.88. The third-order valence-corrected chi connectivity index (χ3v) is 2.66. The Balaban J connectivity index is 2.37. The van der Waals surface area contributed by atoms with Crippen LogP contribution in [0.15, 0.2) is 30.5 Å². The standard InChI is InChI=1S/C12H14N2OS/c1-2-15-12(8-16)11-7-13-9-5-3-4-6-10(9)14-11/h3-7,12,16H,2,8H2,1H3. The van der Waals surface area contributed by atoms with Gasteiger partial charge in [0.1, 0.15) is 6.10 Å². The minimum Gasteiger partial charge on any atom is -0.371 e. The third-order valence-electron chi connectivity index (χ3n) is 2.33. The Bertz CT molecular complexity index is 475. The van der Waals surface area contributed by atoms with Gasteiger partial charge in [-0.3, -0.25) is 4.98 Å². The predicted molar refractivity (Wildman–Crippen MR) is 67.8 cm³/mol. The summed E-state index contributed by atoms with van der Waals surface area (Å²) >= 11 is 4.26. The topological polar surface area (TPSA) is 35.0 Å². The number of nitrogens with zero attached hydrogens (tertiary/aromatic N) is 2. The SMILES string of the molecule is CCOC(CS)c1cnc2ccccc2n1. The van der Waals surface area contributed by atoms with Crippen LogP contribution in [0.4, 0.5) is 0 Å². The molecule has 16 heavy (non-hydrogen) atoms. The number of rotatable bonds is 4. The van der Waals surface area contributed by atoms with Crippen LogP contribution in [0.2, 0.25) is 0 Å². The second-order valence-electron chi connectivity index (χ2n) is 3.41. The van der Waals surface area contributed by atoms with E-state index in [1.165, 1.54) is 0 Å². The first-order valence-corrected chi connectivity index (χ1v) is 5.92. The number of aromatic nitrogens is 2. The lowest BCUT2D eigenvalue weighted by Gasteiger charge is -2.13. The predicted octanol–water partition coefficient (Wildman–Crippen LogP) is 2.64. The quantitative estimate of drug-likeness (QED) is 0.826. The molecule has 0 fully saturated rings. The normalized spacial score (nSPS) is 12.9. The summed E-state index contributed by atoms with van der Waals surface area (Å²) in [6.45, 7) is 2.62. The van der Waals surface area contributed by atoms with Crippen LogP contribution in [0.1, 0.15) is 18.7 Å². The zero-order chi connectivity index (χ0) is 11.4. The molecule has 1 atom stereocenters. The smallest absolute Gasteiger partial charge is 0.110 e. The molecule has 2 rings (SSSR count). The maximum atomic E-state index is 5.55. The molecule has 0 aliphatic rings. The molecule has 1 unspecified atom stereocenters. The van der Waals surface area contributed by atoms with Gasteiger partial charge in [-0.2, -0.15) is 12.6 Å². The van der Waals surface area contributed by atoms with Crippen molar-refractivity contribution in [2.75, 3.05) is 12.4 Å². The molecule has 0 saturated heterocycles. The van der Waals surface area contributed by atoms with E-state index in [2.05, 4.69) is 22.6 Å². The van der Waals surface area contributed by atoms with Crippen LogP contribution in [0.5, 0.6) is 0 Å². The lowest BCUT2D eigenvalue weighted by Crippen LogP contribution is -2.08. The fourth-order valence-electron chi connectivity index (χ4n) is 1.56. The van der Waals surface area contributed by atoms with E-state index in [1.54, 1.807) is 6.20 Å². The van der Waals surface area contributed by atoms with Gasteiger partial charge in [0.25, 0.3) is 0 Å². The number of fused-ring (bicyclic) bond motifs is 1. The van der Waals surface area contributed by atoms with Crippen molar-refractivity contribution < 1.29 is 4.74 Å². The first-order chi connectivity index (χ1) is 7.85. The molecule has 0 aliphatic heterocycles. The zero-order valence-electron chi connectivity index (χ0n) is 9.13. The summed E-state index contributed by atoms with van der Waals surface area (Å²) in [5.41, 5.74) is 2.64. The molecular weight excluding hydrogens is 220 g/mol. The van der Waals surface area contributed by atoms with E-state index < -0.39 is 0 Å². The van der Waals surface area contributed by atoms with Gasteiger partial charge in [0.15, 0.2) is 0 Å². The van der Waals surface area contributed by atoms with E-state index in [1.807, 2.05) is 31.2 Å². The highest BCUT2D eigenvalue weighted by molar-refractivity contribution is 7.80. The Morgan fingerprint density at radius 2 is 2.06 bits per heavy atom. The highest BCUT2D eigenvalue weighted by Gasteiger charge is 2.11. The molecule has 0 bridgehead atoms. The van der Waals surface area contributed by atoms with Crippen molar-refractivity contribution in [2.45, 2.75) is 13.0 Å². The Labute approximate surface area is 100 Å². The second kappa shape index (κ2) is 5.27. The van der Waals surface area contributed by atoms with Crippen LogP contribution >= 0.6 is 12.6 Å². The van der Waals surface area contributed by atoms with Crippen molar-refractivity contribution in [1.29, 1.82) is 0 Å². The van der Waals surface area contributed by atoms with E-state index >= 15 is 0 Å². The summed E-state index contributed by atoms with van der Waals surface area (Å²) in [5, 5.41) is 0. The second-order valence-corrected chi connectivity index (χ2v) is 3.78. The van der Waals surface area contributed by atoms with Gasteiger partial charge in [-0.15, -0.1) is 0 Å². The monoisotopic (exact) mass is 234 g/mol. The molecule has 2 aromatic rings. The molecule has 0 amide bonds. The molecule has 1 aromatic heterocycles. The van der Waals surface area contributed by atoms with Crippen LogP contribution in [0, 0.1) is 0 Å². The number of para-hydroxylation sites is 2. The largest absolute Gasteiger partial charge is 0.371 e. The van der Waals surface area contributed by atoms with Crippen molar-refractivity contribution in [1.82, 2.24) is 9.97 Å². The van der Waals surface area contributed by atoms with Crippen LogP contribution in [0.3, 0.4) is 0 Å². The van der Waals surface area contributed by atoms with Crippen molar-refractivity contribution in [3.8, 4) is 0 Å². The first kappa shape index (κ1) is 11.4. The van der Waals surface area contributed by atoms with Gasteiger partial charge < -0.3 is 4.74 Å². The fourth-order valence-corrected chi connectivity index (χ4v) is 1.85. The summed E-state index contributed by atoms with van der Waals surface area (Å²) in [6.07, 6.45) is 1.68. The summed E-state index contributed by atoms with van der Waals surface area (Å²) in [6, 6.07) is 7.81. The highest BCUT2D eigenvalue weighted by atomic mass is 32.1. The molecule has 0 spiro atoms. The van der Waals surface area contributed by atoms with E-state index in [-0.39, 0.29) is 6.10 Å². The average molecular weight is 234 g/mol. The molecule has 4 heteroatoms. The number of thiol groups is 1. The van der Waals surface area contributed by atoms with Crippen LogP contribution < -0.4 is 0 Å². The van der Waals surface area contributed by atoms with E-state index in [9.17, 15) is 0 Å². The Morgan fingerprint density at radius 1 is 1.31 bits per heavy atom. The van der Waals surface area contributed by atoms with Gasteiger partial charge in [0.2, 0.25) is 0 Å². The van der Waals surface area contributed by atoms with Gasteiger partial charge in [-0.05, 0) is 19.1 Å². The van der Waals surface area contributed by atoms with Crippen molar-refractivity contribution in [3.05, 3.63) is 36.2 Å². The van der Waals surface area contributed by atoms with E-state index in [0.29, 0.717) is 12.4 Å². The van der Waals surface area contributed by atoms with Gasteiger partial charge in [-0.25, -0.2) is 4.98 Å². The number of hydrogen-bond acceptors (Lipinski definition) is 4. The van der Waals surface area contributed by atoms with Gasteiger partial charge in [0, 0.05) is 12.4 Å². The molecule has 0 radical (unpaired) electrons. The van der Waals surface area contributed by atoms with Gasteiger partial charge in [-0.1, -0.05) is 12.1 Å². The van der Waals surface area contributed by atoms with E-state index in [4.69, 9.17) is 4.74 Å². The zero-order valence-corrected chi connectivity index (χ0v) is 10.0. The molecule has 3 nitrogen and oxygen atoms in total. The van der Waals surface area contributed by atoms with Gasteiger partial charge >= 0.3 is 0 Å². The Kier molecular flexibility index (Phi) is 3.74. The molecule has 1 aromatic carbocycles. The molecular formula is C12H14N2OS. The summed E-state index contributed by atoms with van der Waals surface area (Å²) < 4.78 is 5.55. The maximum Gasteiger partial charge on any atom is 0.110 e. The summed E-state index contributed by atoms with van der Waals surface area (Å²) in [5.74, 6) is 0.612. The average Bonchev–Trinajstić information content (AvgIpc) is 2.35. The molecule has 0 N–H and O–H groups in total. The third kappa shape index (κ3) is 2.33. The van der Waals surface area contributed by atoms with E-state index in [0.717, 1.165) is 16.7 Å². The van der Waals surface area contributed by atoms with Crippen LogP contribution in [-0.4, -0.2) is 22.3 Å². The van der Waals surface area contributed by atoms with Gasteiger partial charge in [0.05, 0.1) is 22.9 Å². The lowest BCUT2D eigenvalue weighted by molar-refractivity contribution is 0.0770. The maximum absolute atomic E-state index is 5.55. The molecule has 0 aliphatic carbocycles. The van der Waals surface area contributed by atoms with Crippen molar-refractivity contribution >= 4 is 23.7 Å². The lowest BCUT2D eigenvalue weighted by atomic mass is 10.2. The van der Waals surface area contributed by atoms with Crippen LogP contribution in [-0.2, 0) is 4.74 Å². The fraction of sp³-hybridized carbons (Fsp3) is 0.333. The van der Waals surface area contributed by atoms with Crippen molar-refractivity contribution in [2.24, 2.45) is 0 Å². The molecule has 0 saturated carbocycles. The molecule has 84 valence electrons. The Morgan fingerprint density at radius 3 is 2.75 bits per heavy atom. The number of ether oxygens (including phenoxy) is 1. The van der Waals surface area contributed by atoms with Crippen molar-refractivity contribution in [3.63, 3.8) is 0 Å². The summed E-state index contributed by atoms with van der Waals surface area (Å²) in [7, 11) is 0. The number of benzene rings is 1. The van der Waals surface area contributed by atoms with Crippen LogP contribution in [0.25, 0.3) is 11.0 Å². The minimum absolute atomic E-state index is 0.0783.